The molecule has 2 heterocycles. The van der Waals surface area contributed by atoms with Crippen molar-refractivity contribution in [2.45, 2.75) is 69.1 Å². The number of fused-ring (bicyclic) bond motifs is 3. The van der Waals surface area contributed by atoms with Gasteiger partial charge in [-0.15, -0.1) is 0 Å². The Kier molecular flexibility index (Phi) is 6.88. The molecule has 1 atom stereocenters. The number of unbranched alkanes of at least 4 members (excludes halogenated alkanes) is 1. The summed E-state index contributed by atoms with van der Waals surface area (Å²) in [6.45, 7) is 1.20. The summed E-state index contributed by atoms with van der Waals surface area (Å²) < 4.78 is 44.3. The van der Waals surface area contributed by atoms with Gasteiger partial charge in [0.2, 0.25) is 10.0 Å². The second-order valence-corrected chi connectivity index (χ2v) is 10.8. The number of aromatic nitrogens is 3. The lowest BCUT2D eigenvalue weighted by atomic mass is 9.93. The van der Waals surface area contributed by atoms with Crippen molar-refractivity contribution in [2.24, 2.45) is 5.14 Å². The lowest BCUT2D eigenvalue weighted by Crippen LogP contribution is -2.42. The highest BCUT2D eigenvalue weighted by Crippen LogP contribution is 2.34. The van der Waals surface area contributed by atoms with Crippen molar-refractivity contribution in [2.75, 3.05) is 19.5 Å². The van der Waals surface area contributed by atoms with Crippen molar-refractivity contribution in [3.8, 4) is 0 Å². The molecule has 33 heavy (non-hydrogen) atoms. The van der Waals surface area contributed by atoms with Crippen LogP contribution in [0.3, 0.4) is 0 Å². The van der Waals surface area contributed by atoms with E-state index in [9.17, 15) is 12.8 Å². The van der Waals surface area contributed by atoms with E-state index in [1.54, 1.807) is 7.11 Å². The quantitative estimate of drug-likeness (QED) is 0.535. The molecule has 0 fully saturated rings. The van der Waals surface area contributed by atoms with Crippen LogP contribution in [0.2, 0.25) is 0 Å². The molecule has 0 radical (unpaired) electrons. The fourth-order valence-electron chi connectivity index (χ4n) is 4.95. The second kappa shape index (κ2) is 9.52. The predicted molar refractivity (Wildman–Crippen MR) is 127 cm³/mol. The maximum atomic E-state index is 13.5. The van der Waals surface area contributed by atoms with E-state index in [4.69, 9.17) is 20.6 Å². The molecule has 0 bridgehead atoms. The summed E-state index contributed by atoms with van der Waals surface area (Å²) in [5, 5.41) is 5.53. The first-order valence-electron chi connectivity index (χ1n) is 11.5. The Balaban J connectivity index is 1.59. The molecule has 4 rings (SSSR count). The first kappa shape index (κ1) is 23.8. The summed E-state index contributed by atoms with van der Waals surface area (Å²) >= 11 is 0. The molecule has 2 aromatic rings. The number of primary sulfonamides is 1. The van der Waals surface area contributed by atoms with E-state index in [1.165, 1.54) is 23.8 Å². The maximum absolute atomic E-state index is 13.5. The van der Waals surface area contributed by atoms with Crippen LogP contribution < -0.4 is 10.9 Å². The molecule has 0 saturated carbocycles. The normalized spacial score (nSPS) is 20.8. The Morgan fingerprint density at radius 3 is 2.73 bits per heavy atom. The Labute approximate surface area is 194 Å². The van der Waals surface area contributed by atoms with Crippen LogP contribution in [0.15, 0.2) is 24.1 Å². The molecule has 180 valence electrons. The average molecular weight is 478 g/mol. The number of imidazole rings is 1. The number of nitrogens with zero attached hydrogens (tertiary/aromatic N) is 3. The lowest BCUT2D eigenvalue weighted by molar-refractivity contribution is 0.199. The van der Waals surface area contributed by atoms with Gasteiger partial charge in [0.05, 0.1) is 12.1 Å². The zero-order chi connectivity index (χ0) is 23.6. The molecule has 4 N–H and O–H groups in total. The fraction of sp³-hybridized carbons (Fsp3) is 0.565. The van der Waals surface area contributed by atoms with Crippen molar-refractivity contribution in [3.63, 3.8) is 0 Å². The van der Waals surface area contributed by atoms with E-state index in [0.717, 1.165) is 54.7 Å². The van der Waals surface area contributed by atoms with Gasteiger partial charge in [-0.25, -0.2) is 27.9 Å². The number of rotatable bonds is 9. The van der Waals surface area contributed by atoms with E-state index in [2.05, 4.69) is 9.55 Å². The van der Waals surface area contributed by atoms with Gasteiger partial charge < -0.3 is 15.0 Å². The molecule has 0 saturated heterocycles. The number of hydrogen-bond acceptors (Lipinski definition) is 6. The standard InChI is InChI=1S/C23H32FN5O3S/c1-32-15-10-19-28-20-21(17-6-2-3-7-18(17)27-22(20)25)29(19)14-5-4-11-23(33(26,30)31)12-8-16(24)9-13-23/h8-9,12H,2-7,10-11,13-15H2,1H3,(H2,25,27)(H2,26,30,31). The van der Waals surface area contributed by atoms with Gasteiger partial charge >= 0.3 is 0 Å². The molecule has 2 aliphatic carbocycles. The summed E-state index contributed by atoms with van der Waals surface area (Å²) in [5.74, 6) is 0.915. The van der Waals surface area contributed by atoms with Gasteiger partial charge in [-0.05, 0) is 69.1 Å². The molecule has 8 nitrogen and oxygen atoms in total. The number of pyridine rings is 1. The fourth-order valence-corrected chi connectivity index (χ4v) is 5.95. The number of aryl methyl sites for hydroxylation is 3. The van der Waals surface area contributed by atoms with Gasteiger partial charge in [-0.3, -0.25) is 0 Å². The summed E-state index contributed by atoms with van der Waals surface area (Å²) in [6.07, 6.45) is 10.3. The number of sulfonamides is 1. The van der Waals surface area contributed by atoms with Gasteiger partial charge in [-0.1, -0.05) is 6.08 Å². The summed E-state index contributed by atoms with van der Waals surface area (Å²) in [7, 11) is -2.22. The SMILES string of the molecule is COCCc1nc2c(N)nc3c(c2n1CCCCC1(S(N)(=O)=O)C=CC(F)=CC1)CCCC3. The minimum atomic E-state index is -3.88. The number of allylic oxidation sites excluding steroid dienone is 3. The first-order chi connectivity index (χ1) is 15.8. The van der Waals surface area contributed by atoms with E-state index >= 15 is 0 Å². The van der Waals surface area contributed by atoms with Crippen molar-refractivity contribution in [1.82, 2.24) is 14.5 Å². The third-order valence-electron chi connectivity index (χ3n) is 6.79. The average Bonchev–Trinajstić information content (AvgIpc) is 3.15. The number of anilines is 1. The van der Waals surface area contributed by atoms with Gasteiger partial charge in [0, 0.05) is 25.8 Å². The largest absolute Gasteiger partial charge is 0.384 e. The van der Waals surface area contributed by atoms with E-state index < -0.39 is 20.6 Å². The molecule has 2 aromatic heterocycles. The highest BCUT2D eigenvalue weighted by Gasteiger charge is 2.39. The number of nitrogens with two attached hydrogens (primary N) is 2. The van der Waals surface area contributed by atoms with Crippen LogP contribution in [0.5, 0.6) is 0 Å². The molecule has 2 aliphatic rings. The highest BCUT2D eigenvalue weighted by molar-refractivity contribution is 7.90. The topological polar surface area (TPSA) is 126 Å². The molecule has 0 aromatic carbocycles. The number of hydrogen-bond donors (Lipinski definition) is 2. The summed E-state index contributed by atoms with van der Waals surface area (Å²) in [6, 6.07) is 0. The van der Waals surface area contributed by atoms with Gasteiger partial charge in [0.15, 0.2) is 5.82 Å². The molecular formula is C23H32FN5O3S. The first-order valence-corrected chi connectivity index (χ1v) is 13.0. The highest BCUT2D eigenvalue weighted by atomic mass is 32.2. The van der Waals surface area contributed by atoms with Crippen LogP contribution in [0.1, 0.15) is 55.6 Å². The van der Waals surface area contributed by atoms with Gasteiger partial charge in [0.1, 0.15) is 21.9 Å². The molecule has 1 unspecified atom stereocenters. The zero-order valence-electron chi connectivity index (χ0n) is 19.0. The van der Waals surface area contributed by atoms with Crippen LogP contribution in [-0.4, -0.2) is 41.4 Å². The second-order valence-electron chi connectivity index (χ2n) is 8.94. The Hall–Kier alpha value is -2.30. The monoisotopic (exact) mass is 477 g/mol. The van der Waals surface area contributed by atoms with E-state index in [1.807, 2.05) is 0 Å². The molecule has 0 spiro atoms. The smallest absolute Gasteiger partial charge is 0.218 e. The number of nitrogen functional groups attached to an aromatic ring is 1. The third kappa shape index (κ3) is 4.69. The molecule has 0 aliphatic heterocycles. The van der Waals surface area contributed by atoms with Crippen molar-refractivity contribution >= 4 is 26.9 Å². The van der Waals surface area contributed by atoms with Crippen LogP contribution >= 0.6 is 0 Å². The van der Waals surface area contributed by atoms with Crippen LogP contribution in [0.25, 0.3) is 11.0 Å². The van der Waals surface area contributed by atoms with E-state index in [0.29, 0.717) is 38.2 Å². The Bertz CT molecular complexity index is 1200. The third-order valence-corrected chi connectivity index (χ3v) is 8.43. The molecular weight excluding hydrogens is 445 g/mol. The van der Waals surface area contributed by atoms with Crippen LogP contribution in [0, 0.1) is 0 Å². The summed E-state index contributed by atoms with van der Waals surface area (Å²) in [5.41, 5.74) is 10.3. The predicted octanol–water partition coefficient (Wildman–Crippen LogP) is 3.09. The van der Waals surface area contributed by atoms with Crippen LogP contribution in [-0.2, 0) is 40.6 Å². The molecule has 0 amide bonds. The van der Waals surface area contributed by atoms with Crippen molar-refractivity contribution in [3.05, 3.63) is 41.1 Å². The van der Waals surface area contributed by atoms with Gasteiger partial charge in [0.25, 0.3) is 0 Å². The van der Waals surface area contributed by atoms with Crippen molar-refractivity contribution in [1.29, 1.82) is 0 Å². The maximum Gasteiger partial charge on any atom is 0.218 e. The van der Waals surface area contributed by atoms with Crippen molar-refractivity contribution < 1.29 is 17.5 Å². The number of ether oxygens (including phenoxy) is 1. The minimum absolute atomic E-state index is 0.0526. The van der Waals surface area contributed by atoms with E-state index in [-0.39, 0.29) is 6.42 Å². The minimum Gasteiger partial charge on any atom is -0.384 e. The van der Waals surface area contributed by atoms with Gasteiger partial charge in [-0.2, -0.15) is 0 Å². The zero-order valence-corrected chi connectivity index (χ0v) is 19.8. The summed E-state index contributed by atoms with van der Waals surface area (Å²) in [4.78, 5) is 9.43. The Morgan fingerprint density at radius 2 is 2.03 bits per heavy atom. The lowest BCUT2D eigenvalue weighted by Gasteiger charge is -2.29. The Morgan fingerprint density at radius 1 is 1.24 bits per heavy atom. The van der Waals surface area contributed by atoms with Crippen LogP contribution in [0.4, 0.5) is 10.2 Å². The molecule has 10 heteroatoms. The number of methoxy groups -OCH3 is 1. The number of halogens is 1.